The van der Waals surface area contributed by atoms with Crippen LogP contribution in [0, 0.1) is 0 Å². The number of hydrogen-bond donors (Lipinski definition) is 2. The molecule has 7 heteroatoms. The molecule has 0 bridgehead atoms. The quantitative estimate of drug-likeness (QED) is 0.414. The summed E-state index contributed by atoms with van der Waals surface area (Å²) in [6, 6.07) is 0.261. The molecule has 0 fully saturated rings. The molecule has 1 unspecified atom stereocenters. The number of aliphatic imine (C=N–C) groups is 1. The van der Waals surface area contributed by atoms with Crippen molar-refractivity contribution in [1.82, 2.24) is 5.32 Å². The van der Waals surface area contributed by atoms with Crippen LogP contribution in [0.5, 0.6) is 0 Å². The molecule has 0 rings (SSSR count). The third-order valence-electron chi connectivity index (χ3n) is 2.13. The van der Waals surface area contributed by atoms with Crippen molar-refractivity contribution in [3.8, 4) is 0 Å². The summed E-state index contributed by atoms with van der Waals surface area (Å²) in [6.07, 6.45) is 0.948. The van der Waals surface area contributed by atoms with E-state index in [9.17, 15) is 8.42 Å². The topological polar surface area (TPSA) is 84.5 Å². The van der Waals surface area contributed by atoms with Gasteiger partial charge in [-0.2, -0.15) is 0 Å². The molecule has 0 aliphatic rings. The first kappa shape index (κ1) is 18.3. The predicted molar refractivity (Wildman–Crippen MR) is 79.1 cm³/mol. The van der Waals surface area contributed by atoms with Gasteiger partial charge in [0.1, 0.15) is 0 Å². The molecule has 0 spiro atoms. The van der Waals surface area contributed by atoms with Gasteiger partial charge >= 0.3 is 0 Å². The first-order valence-electron chi connectivity index (χ1n) is 5.18. The monoisotopic (exact) mass is 363 g/mol. The normalized spacial score (nSPS) is 14.1. The maximum atomic E-state index is 11.1. The number of nitrogens with two attached hydrogens (primary N) is 1. The lowest BCUT2D eigenvalue weighted by Gasteiger charge is -2.11. The number of rotatable bonds is 6. The number of sulfone groups is 1. The molecule has 98 valence electrons. The number of halogens is 1. The third kappa shape index (κ3) is 9.20. The van der Waals surface area contributed by atoms with Gasteiger partial charge in [0.15, 0.2) is 15.8 Å². The largest absolute Gasteiger partial charge is 0.370 e. The summed E-state index contributed by atoms with van der Waals surface area (Å²) < 4.78 is 22.3. The van der Waals surface area contributed by atoms with E-state index in [0.29, 0.717) is 5.96 Å². The molecular weight excluding hydrogens is 341 g/mol. The van der Waals surface area contributed by atoms with E-state index in [4.69, 9.17) is 5.73 Å². The summed E-state index contributed by atoms with van der Waals surface area (Å²) in [5.74, 6) is 0.531. The summed E-state index contributed by atoms with van der Waals surface area (Å²) in [7, 11) is -2.94. The highest BCUT2D eigenvalue weighted by Gasteiger charge is 2.06. The van der Waals surface area contributed by atoms with E-state index in [1.165, 1.54) is 0 Å². The van der Waals surface area contributed by atoms with Gasteiger partial charge in [-0.05, 0) is 13.3 Å². The summed E-state index contributed by atoms with van der Waals surface area (Å²) in [5.41, 5.74) is 5.57. The first-order valence-corrected chi connectivity index (χ1v) is 7.00. The van der Waals surface area contributed by atoms with Crippen LogP contribution in [0.25, 0.3) is 0 Å². The molecule has 1 atom stereocenters. The molecule has 0 radical (unpaired) electrons. The van der Waals surface area contributed by atoms with E-state index in [1.807, 2.05) is 13.8 Å². The number of hydrogen-bond acceptors (Lipinski definition) is 3. The van der Waals surface area contributed by atoms with Gasteiger partial charge in [0.2, 0.25) is 0 Å². The van der Waals surface area contributed by atoms with Crippen LogP contribution in [0.4, 0.5) is 0 Å². The molecular formula is C9H22IN3O2S. The van der Waals surface area contributed by atoms with E-state index < -0.39 is 9.84 Å². The van der Waals surface area contributed by atoms with E-state index >= 15 is 0 Å². The molecule has 0 aliphatic heterocycles. The Kier molecular flexibility index (Phi) is 10.3. The van der Waals surface area contributed by atoms with E-state index in [1.54, 1.807) is 6.92 Å². The Labute approximate surface area is 115 Å². The molecule has 16 heavy (non-hydrogen) atoms. The Morgan fingerprint density at radius 3 is 2.44 bits per heavy atom. The van der Waals surface area contributed by atoms with Gasteiger partial charge in [-0.25, -0.2) is 8.42 Å². The highest BCUT2D eigenvalue weighted by Crippen LogP contribution is 1.90. The fourth-order valence-electron chi connectivity index (χ4n) is 0.850. The Morgan fingerprint density at radius 1 is 1.44 bits per heavy atom. The fraction of sp³-hybridized carbons (Fsp3) is 0.889. The molecule has 0 aromatic carbocycles. The molecule has 0 aromatic rings. The molecule has 0 amide bonds. The minimum absolute atomic E-state index is 0. The van der Waals surface area contributed by atoms with Crippen molar-refractivity contribution < 1.29 is 8.42 Å². The smallest absolute Gasteiger partial charge is 0.188 e. The zero-order valence-corrected chi connectivity index (χ0v) is 13.2. The second-order valence-corrected chi connectivity index (χ2v) is 5.93. The van der Waals surface area contributed by atoms with Gasteiger partial charge in [-0.3, -0.25) is 4.99 Å². The van der Waals surface area contributed by atoms with Crippen LogP contribution in [0.15, 0.2) is 4.99 Å². The lowest BCUT2D eigenvalue weighted by atomic mass is 10.3. The molecule has 0 saturated carbocycles. The highest BCUT2D eigenvalue weighted by atomic mass is 127. The SMILES string of the molecule is CCC(C)NC(N)=NCCS(=O)(=O)CC.I. The van der Waals surface area contributed by atoms with Crippen LogP contribution in [-0.4, -0.2) is 38.5 Å². The van der Waals surface area contributed by atoms with Crippen molar-refractivity contribution in [3.05, 3.63) is 0 Å². The molecule has 3 N–H and O–H groups in total. The average Bonchev–Trinajstić information content (AvgIpc) is 2.17. The van der Waals surface area contributed by atoms with Crippen LogP contribution in [0.3, 0.4) is 0 Å². The van der Waals surface area contributed by atoms with Crippen LogP contribution < -0.4 is 11.1 Å². The third-order valence-corrected chi connectivity index (χ3v) is 3.82. The van der Waals surface area contributed by atoms with Crippen LogP contribution in [0.1, 0.15) is 27.2 Å². The Bertz CT molecular complexity index is 304. The van der Waals surface area contributed by atoms with Crippen molar-refractivity contribution in [2.24, 2.45) is 10.7 Å². The number of nitrogens with one attached hydrogen (secondary N) is 1. The van der Waals surface area contributed by atoms with Crippen LogP contribution >= 0.6 is 24.0 Å². The Morgan fingerprint density at radius 2 is 2.00 bits per heavy atom. The minimum atomic E-state index is -2.94. The van der Waals surface area contributed by atoms with E-state index in [-0.39, 0.29) is 48.1 Å². The Hall–Kier alpha value is -0.0500. The Balaban J connectivity index is 0. The zero-order chi connectivity index (χ0) is 11.9. The number of guanidine groups is 1. The van der Waals surface area contributed by atoms with Gasteiger partial charge in [0.05, 0.1) is 12.3 Å². The lowest BCUT2D eigenvalue weighted by molar-refractivity contribution is 0.597. The highest BCUT2D eigenvalue weighted by molar-refractivity contribution is 14.0. The maximum Gasteiger partial charge on any atom is 0.188 e. The number of nitrogens with zero attached hydrogens (tertiary/aromatic N) is 1. The van der Waals surface area contributed by atoms with Crippen molar-refractivity contribution in [2.45, 2.75) is 33.2 Å². The van der Waals surface area contributed by atoms with Crippen molar-refractivity contribution in [3.63, 3.8) is 0 Å². The maximum absolute atomic E-state index is 11.1. The van der Waals surface area contributed by atoms with Crippen molar-refractivity contribution in [2.75, 3.05) is 18.1 Å². The van der Waals surface area contributed by atoms with E-state index in [0.717, 1.165) is 6.42 Å². The molecule has 0 heterocycles. The fourth-order valence-corrected chi connectivity index (χ4v) is 1.51. The van der Waals surface area contributed by atoms with Crippen LogP contribution in [-0.2, 0) is 9.84 Å². The van der Waals surface area contributed by atoms with Gasteiger partial charge < -0.3 is 11.1 Å². The van der Waals surface area contributed by atoms with Gasteiger partial charge in [-0.1, -0.05) is 13.8 Å². The first-order chi connectivity index (χ1) is 6.91. The minimum Gasteiger partial charge on any atom is -0.370 e. The van der Waals surface area contributed by atoms with Gasteiger partial charge in [-0.15, -0.1) is 24.0 Å². The zero-order valence-electron chi connectivity index (χ0n) is 10.1. The summed E-state index contributed by atoms with van der Waals surface area (Å²) in [4.78, 5) is 3.95. The molecule has 0 saturated heterocycles. The average molecular weight is 363 g/mol. The lowest BCUT2D eigenvalue weighted by Crippen LogP contribution is -2.38. The van der Waals surface area contributed by atoms with Gasteiger partial charge in [0.25, 0.3) is 0 Å². The van der Waals surface area contributed by atoms with E-state index in [2.05, 4.69) is 10.3 Å². The molecule has 5 nitrogen and oxygen atoms in total. The van der Waals surface area contributed by atoms with Gasteiger partial charge in [0, 0.05) is 11.8 Å². The standard InChI is InChI=1S/C9H21N3O2S.HI/c1-4-8(3)12-9(10)11-6-7-15(13,14)5-2;/h8H,4-7H2,1-3H3,(H3,10,11,12);1H. The summed E-state index contributed by atoms with van der Waals surface area (Å²) in [6.45, 7) is 5.88. The van der Waals surface area contributed by atoms with Crippen molar-refractivity contribution >= 4 is 39.8 Å². The van der Waals surface area contributed by atoms with Crippen LogP contribution in [0.2, 0.25) is 0 Å². The summed E-state index contributed by atoms with van der Waals surface area (Å²) in [5, 5.41) is 2.97. The summed E-state index contributed by atoms with van der Waals surface area (Å²) >= 11 is 0. The molecule has 0 aliphatic carbocycles. The molecule has 0 aromatic heterocycles. The second kappa shape index (κ2) is 9.03. The van der Waals surface area contributed by atoms with Crippen molar-refractivity contribution in [1.29, 1.82) is 0 Å². The predicted octanol–water partition coefficient (Wildman–Crippen LogP) is 0.742. The second-order valence-electron chi connectivity index (χ2n) is 3.46.